The van der Waals surface area contributed by atoms with E-state index in [1.54, 1.807) is 11.8 Å². The average molecular weight is 252 g/mol. The molecular formula is C13H20N2O3. The zero-order valence-electron chi connectivity index (χ0n) is 11.2. The van der Waals surface area contributed by atoms with E-state index in [4.69, 9.17) is 4.74 Å². The van der Waals surface area contributed by atoms with Crippen molar-refractivity contribution in [3.8, 4) is 0 Å². The van der Waals surface area contributed by atoms with Crippen LogP contribution in [0.3, 0.4) is 0 Å². The third-order valence-corrected chi connectivity index (χ3v) is 3.48. The second kappa shape index (κ2) is 5.00. The molecule has 1 amide bonds. The zero-order chi connectivity index (χ0) is 13.3. The van der Waals surface area contributed by atoms with E-state index in [0.717, 1.165) is 18.4 Å². The second-order valence-electron chi connectivity index (χ2n) is 5.03. The molecule has 2 heterocycles. The van der Waals surface area contributed by atoms with Gasteiger partial charge in [-0.25, -0.2) is 4.79 Å². The number of amides is 1. The van der Waals surface area contributed by atoms with Crippen LogP contribution in [0.5, 0.6) is 0 Å². The summed E-state index contributed by atoms with van der Waals surface area (Å²) >= 11 is 0. The summed E-state index contributed by atoms with van der Waals surface area (Å²) < 4.78 is 5.09. The molecule has 0 aromatic carbocycles. The fourth-order valence-electron chi connectivity index (χ4n) is 2.82. The van der Waals surface area contributed by atoms with Crippen molar-refractivity contribution in [3.63, 3.8) is 0 Å². The Morgan fingerprint density at radius 1 is 1.50 bits per heavy atom. The van der Waals surface area contributed by atoms with Crippen molar-refractivity contribution in [2.45, 2.75) is 38.3 Å². The molecule has 2 rings (SSSR count). The Hall–Kier alpha value is -1.52. The number of rotatable bonds is 2. The number of nitrogens with zero attached hydrogens (tertiary/aromatic N) is 2. The number of carbonyl (C=O) groups excluding carboxylic acids is 2. The molecule has 100 valence electrons. The minimum Gasteiger partial charge on any atom is -0.450 e. The van der Waals surface area contributed by atoms with Crippen LogP contribution in [0, 0.1) is 0 Å². The maximum atomic E-state index is 12.0. The van der Waals surface area contributed by atoms with Gasteiger partial charge < -0.3 is 9.64 Å². The summed E-state index contributed by atoms with van der Waals surface area (Å²) in [6.45, 7) is 2.17. The molecule has 2 atom stereocenters. The first-order chi connectivity index (χ1) is 8.54. The molecule has 0 spiro atoms. The molecule has 2 saturated heterocycles. The molecule has 2 unspecified atom stereocenters. The molecule has 5 heteroatoms. The predicted octanol–water partition coefficient (Wildman–Crippen LogP) is 1.39. The van der Waals surface area contributed by atoms with Crippen LogP contribution in [0.1, 0.15) is 26.2 Å². The first kappa shape index (κ1) is 12.9. The first-order valence-electron chi connectivity index (χ1n) is 6.41. The Labute approximate surface area is 107 Å². The van der Waals surface area contributed by atoms with Gasteiger partial charge in [-0.2, -0.15) is 0 Å². The summed E-state index contributed by atoms with van der Waals surface area (Å²) in [7, 11) is 3.77. The lowest BCUT2D eigenvalue weighted by Gasteiger charge is -2.35. The van der Waals surface area contributed by atoms with E-state index in [1.165, 1.54) is 0 Å². The number of carbonyl (C=O) groups is 2. The van der Waals surface area contributed by atoms with E-state index >= 15 is 0 Å². The van der Waals surface area contributed by atoms with Crippen LogP contribution in [-0.2, 0) is 9.53 Å². The third-order valence-electron chi connectivity index (χ3n) is 3.48. The number of ether oxygens (including phenoxy) is 1. The minimum atomic E-state index is -0.290. The molecule has 2 fully saturated rings. The van der Waals surface area contributed by atoms with Gasteiger partial charge in [0.2, 0.25) is 0 Å². The summed E-state index contributed by atoms with van der Waals surface area (Å²) in [6, 6.07) is -0.0708. The largest absolute Gasteiger partial charge is 0.450 e. The van der Waals surface area contributed by atoms with Crippen LogP contribution in [0.25, 0.3) is 0 Å². The molecule has 2 aliphatic heterocycles. The topological polar surface area (TPSA) is 49.9 Å². The molecule has 2 aliphatic rings. The van der Waals surface area contributed by atoms with Crippen molar-refractivity contribution in [1.29, 1.82) is 0 Å². The fourth-order valence-corrected chi connectivity index (χ4v) is 2.82. The van der Waals surface area contributed by atoms with Crippen molar-refractivity contribution < 1.29 is 14.3 Å². The molecule has 0 aliphatic carbocycles. The third kappa shape index (κ3) is 2.21. The Kier molecular flexibility index (Phi) is 3.59. The highest BCUT2D eigenvalue weighted by Gasteiger charge is 2.46. The molecule has 2 bridgehead atoms. The van der Waals surface area contributed by atoms with E-state index in [9.17, 15) is 9.59 Å². The first-order valence-corrected chi connectivity index (χ1v) is 6.41. The van der Waals surface area contributed by atoms with Crippen LogP contribution in [0.4, 0.5) is 4.79 Å². The Morgan fingerprint density at radius 2 is 2.22 bits per heavy atom. The maximum absolute atomic E-state index is 12.0. The molecule has 0 saturated carbocycles. The monoisotopic (exact) mass is 252 g/mol. The zero-order valence-corrected chi connectivity index (χ0v) is 11.2. The number of piperidine rings is 1. The second-order valence-corrected chi connectivity index (χ2v) is 5.03. The Bertz CT molecular complexity index is 390. The lowest BCUT2D eigenvalue weighted by atomic mass is 9.96. The molecule has 18 heavy (non-hydrogen) atoms. The van der Waals surface area contributed by atoms with Gasteiger partial charge in [-0.1, -0.05) is 0 Å². The molecular weight excluding hydrogens is 232 g/mol. The molecule has 0 N–H and O–H groups in total. The summed E-state index contributed by atoms with van der Waals surface area (Å²) in [4.78, 5) is 27.6. The van der Waals surface area contributed by atoms with Crippen molar-refractivity contribution in [3.05, 3.63) is 11.8 Å². The van der Waals surface area contributed by atoms with Gasteiger partial charge in [0, 0.05) is 38.3 Å². The Morgan fingerprint density at radius 3 is 2.83 bits per heavy atom. The van der Waals surface area contributed by atoms with Gasteiger partial charge >= 0.3 is 6.09 Å². The van der Waals surface area contributed by atoms with Crippen molar-refractivity contribution in [2.75, 3.05) is 20.7 Å². The average Bonchev–Trinajstić information content (AvgIpc) is 2.62. The van der Waals surface area contributed by atoms with Gasteiger partial charge in [0.1, 0.15) is 0 Å². The predicted molar refractivity (Wildman–Crippen MR) is 67.1 cm³/mol. The van der Waals surface area contributed by atoms with Gasteiger partial charge in [0.15, 0.2) is 5.78 Å². The standard InChI is InChI=1S/C13H20N2O3/c1-4-18-13(17)15-9-5-6-11(15)10(8-14(2)3)12(16)7-9/h8-9,11H,4-7H2,1-3H3. The van der Waals surface area contributed by atoms with Crippen molar-refractivity contribution in [1.82, 2.24) is 9.80 Å². The van der Waals surface area contributed by atoms with Gasteiger partial charge in [-0.05, 0) is 19.8 Å². The number of hydrogen-bond donors (Lipinski definition) is 0. The minimum absolute atomic E-state index is 0.0286. The van der Waals surface area contributed by atoms with Crippen LogP contribution in [-0.4, -0.2) is 54.5 Å². The van der Waals surface area contributed by atoms with Crippen LogP contribution >= 0.6 is 0 Å². The van der Waals surface area contributed by atoms with Crippen molar-refractivity contribution >= 4 is 11.9 Å². The maximum Gasteiger partial charge on any atom is 0.410 e. The quantitative estimate of drug-likeness (QED) is 0.697. The highest BCUT2D eigenvalue weighted by atomic mass is 16.6. The SMILES string of the molecule is CCOC(=O)N1C2CCC1C(=CN(C)C)C(=O)C2. The fraction of sp³-hybridized carbons (Fsp3) is 0.692. The summed E-state index contributed by atoms with van der Waals surface area (Å²) in [5.41, 5.74) is 0.738. The summed E-state index contributed by atoms with van der Waals surface area (Å²) in [6.07, 6.45) is 3.71. The van der Waals surface area contributed by atoms with Crippen LogP contribution in [0.15, 0.2) is 11.8 Å². The normalized spacial score (nSPS) is 28.7. The Balaban J connectivity index is 2.25. The highest BCUT2D eigenvalue weighted by molar-refractivity contribution is 5.99. The van der Waals surface area contributed by atoms with E-state index in [0.29, 0.717) is 13.0 Å². The van der Waals surface area contributed by atoms with E-state index < -0.39 is 0 Å². The number of fused-ring (bicyclic) bond motifs is 2. The van der Waals surface area contributed by atoms with Gasteiger partial charge in [0.05, 0.1) is 12.6 Å². The van der Waals surface area contributed by atoms with Crippen LogP contribution in [0.2, 0.25) is 0 Å². The highest BCUT2D eigenvalue weighted by Crippen LogP contribution is 2.37. The lowest BCUT2D eigenvalue weighted by molar-refractivity contribution is -0.118. The van der Waals surface area contributed by atoms with Gasteiger partial charge in [-0.15, -0.1) is 0 Å². The number of Topliss-reactive ketones (excluding diaryl/α,β-unsaturated/α-hetero) is 1. The van der Waals surface area contributed by atoms with Crippen LogP contribution < -0.4 is 0 Å². The molecule has 0 aromatic rings. The van der Waals surface area contributed by atoms with Gasteiger partial charge in [0.25, 0.3) is 0 Å². The van der Waals surface area contributed by atoms with E-state index in [2.05, 4.69) is 0 Å². The number of hydrogen-bond acceptors (Lipinski definition) is 4. The summed E-state index contributed by atoms with van der Waals surface area (Å²) in [5.74, 6) is 0.164. The smallest absolute Gasteiger partial charge is 0.410 e. The van der Waals surface area contributed by atoms with Crippen molar-refractivity contribution in [2.24, 2.45) is 0 Å². The molecule has 0 aromatic heterocycles. The summed E-state index contributed by atoms with van der Waals surface area (Å²) in [5, 5.41) is 0. The molecule has 0 radical (unpaired) electrons. The lowest BCUT2D eigenvalue weighted by Crippen LogP contribution is -2.48. The van der Waals surface area contributed by atoms with E-state index in [-0.39, 0.29) is 24.0 Å². The van der Waals surface area contributed by atoms with E-state index in [1.807, 2.05) is 25.2 Å². The molecule has 5 nitrogen and oxygen atoms in total. The number of ketones is 1. The van der Waals surface area contributed by atoms with Gasteiger partial charge in [-0.3, -0.25) is 9.69 Å².